The van der Waals surface area contributed by atoms with Gasteiger partial charge in [0.15, 0.2) is 6.10 Å². The number of hydrogen-bond acceptors (Lipinski definition) is 3. The summed E-state index contributed by atoms with van der Waals surface area (Å²) in [6, 6.07) is 0. The Morgan fingerprint density at radius 1 is 0.652 bits per heavy atom. The van der Waals surface area contributed by atoms with Gasteiger partial charge >= 0.3 is 35.5 Å². The molecule has 0 aromatic rings. The molecule has 0 heterocycles. The molecule has 0 amide bonds. The molecule has 1 unspecified atom stereocenters. The van der Waals surface area contributed by atoms with Gasteiger partial charge in [-0.1, -0.05) is 83.5 Å². The van der Waals surface area contributed by atoms with Gasteiger partial charge in [-0.3, -0.25) is 0 Å². The molecule has 0 spiro atoms. The van der Waals surface area contributed by atoms with Crippen molar-refractivity contribution >= 4 is 35.5 Å². The number of carbonyl (C=O) groups is 1. The fourth-order valence-electron chi connectivity index (χ4n) is 2.69. The summed E-state index contributed by atoms with van der Waals surface area (Å²) >= 11 is 0. The van der Waals surface area contributed by atoms with Gasteiger partial charge in [-0.05, 0) is 12.8 Å². The first-order chi connectivity index (χ1) is 10.7. The summed E-state index contributed by atoms with van der Waals surface area (Å²) in [5.74, 6) is -1.10. The third kappa shape index (κ3) is 20.3. The quantitative estimate of drug-likeness (QED) is 0.279. The molecule has 0 aromatic heterocycles. The van der Waals surface area contributed by atoms with Crippen molar-refractivity contribution in [2.24, 2.45) is 0 Å². The second kappa shape index (κ2) is 20.4. The van der Waals surface area contributed by atoms with Crippen molar-refractivity contribution in [1.82, 2.24) is 0 Å². The van der Waals surface area contributed by atoms with Gasteiger partial charge < -0.3 is 15.3 Å². The number of rotatable bonds is 17. The first kappa shape index (κ1) is 25.6. The SMILES string of the molecule is O=C(O)C(O)CCCCCCCCCCCCCCCCO.[NaH]. The Kier molecular flexibility index (Phi) is 22.8. The van der Waals surface area contributed by atoms with Gasteiger partial charge in [-0.15, -0.1) is 0 Å². The van der Waals surface area contributed by atoms with E-state index < -0.39 is 12.1 Å². The van der Waals surface area contributed by atoms with E-state index in [4.69, 9.17) is 15.3 Å². The molecule has 23 heavy (non-hydrogen) atoms. The van der Waals surface area contributed by atoms with Crippen molar-refractivity contribution in [2.75, 3.05) is 6.61 Å². The van der Waals surface area contributed by atoms with E-state index in [1.54, 1.807) is 0 Å². The van der Waals surface area contributed by atoms with Crippen LogP contribution >= 0.6 is 0 Å². The molecule has 3 N–H and O–H groups in total. The van der Waals surface area contributed by atoms with Gasteiger partial charge in [0.05, 0.1) is 0 Å². The third-order valence-corrected chi connectivity index (χ3v) is 4.17. The topological polar surface area (TPSA) is 77.8 Å². The van der Waals surface area contributed by atoms with Crippen molar-refractivity contribution in [2.45, 2.75) is 102 Å². The van der Waals surface area contributed by atoms with E-state index in [9.17, 15) is 4.79 Å². The minimum atomic E-state index is -1.18. The predicted octanol–water partition coefficient (Wildman–Crippen LogP) is 3.63. The van der Waals surface area contributed by atoms with Gasteiger partial charge in [0.1, 0.15) is 0 Å². The van der Waals surface area contributed by atoms with Crippen LogP contribution in [-0.4, -0.2) is 63.6 Å². The molecule has 0 saturated heterocycles. The minimum absolute atomic E-state index is 0. The molecule has 0 aliphatic carbocycles. The van der Waals surface area contributed by atoms with Crippen LogP contribution in [0.3, 0.4) is 0 Å². The van der Waals surface area contributed by atoms with Crippen LogP contribution in [0.2, 0.25) is 0 Å². The van der Waals surface area contributed by atoms with Crippen molar-refractivity contribution in [1.29, 1.82) is 0 Å². The van der Waals surface area contributed by atoms with Crippen LogP contribution in [0.1, 0.15) is 96.3 Å². The molecule has 5 heteroatoms. The van der Waals surface area contributed by atoms with Gasteiger partial charge in [-0.2, -0.15) is 0 Å². The Morgan fingerprint density at radius 3 is 1.26 bits per heavy atom. The van der Waals surface area contributed by atoms with Crippen LogP contribution in [0, 0.1) is 0 Å². The summed E-state index contributed by atoms with van der Waals surface area (Å²) in [6.07, 6.45) is 16.0. The molecule has 1 atom stereocenters. The molecule has 0 rings (SSSR count). The number of hydrogen-bond donors (Lipinski definition) is 3. The van der Waals surface area contributed by atoms with E-state index in [0.29, 0.717) is 13.0 Å². The molecule has 0 saturated carbocycles. The zero-order chi connectivity index (χ0) is 16.5. The first-order valence-corrected chi connectivity index (χ1v) is 9.20. The molecule has 4 nitrogen and oxygen atoms in total. The number of carboxylic acid groups (broad SMARTS) is 1. The van der Waals surface area contributed by atoms with Gasteiger partial charge in [0, 0.05) is 6.61 Å². The van der Waals surface area contributed by atoms with Crippen LogP contribution in [0.4, 0.5) is 0 Å². The Labute approximate surface area is 164 Å². The average molecular weight is 340 g/mol. The number of aliphatic hydroxyl groups is 2. The maximum absolute atomic E-state index is 10.4. The zero-order valence-electron chi connectivity index (χ0n) is 14.1. The number of aliphatic carboxylic acids is 1. The summed E-state index contributed by atoms with van der Waals surface area (Å²) in [6.45, 7) is 0.333. The van der Waals surface area contributed by atoms with Crippen LogP contribution in [-0.2, 0) is 4.79 Å². The summed E-state index contributed by atoms with van der Waals surface area (Å²) in [4.78, 5) is 10.4. The summed E-state index contributed by atoms with van der Waals surface area (Å²) in [7, 11) is 0. The second-order valence-electron chi connectivity index (χ2n) is 6.32. The van der Waals surface area contributed by atoms with Crippen molar-refractivity contribution in [3.63, 3.8) is 0 Å². The normalized spacial score (nSPS) is 11.9. The molecule has 0 aliphatic rings. The van der Waals surface area contributed by atoms with E-state index in [1.807, 2.05) is 0 Å². The molecule has 0 bridgehead atoms. The van der Waals surface area contributed by atoms with Gasteiger partial charge in [0.2, 0.25) is 0 Å². The first-order valence-electron chi connectivity index (χ1n) is 9.20. The second-order valence-corrected chi connectivity index (χ2v) is 6.32. The van der Waals surface area contributed by atoms with Crippen molar-refractivity contribution in [3.8, 4) is 0 Å². The summed E-state index contributed by atoms with van der Waals surface area (Å²) in [5, 5.41) is 26.3. The van der Waals surface area contributed by atoms with E-state index >= 15 is 0 Å². The van der Waals surface area contributed by atoms with E-state index in [-0.39, 0.29) is 29.6 Å². The Morgan fingerprint density at radius 2 is 0.957 bits per heavy atom. The molecule has 0 aliphatic heterocycles. The van der Waals surface area contributed by atoms with Gasteiger partial charge in [-0.25, -0.2) is 4.79 Å². The molecule has 134 valence electrons. The summed E-state index contributed by atoms with van der Waals surface area (Å²) < 4.78 is 0. The fraction of sp³-hybridized carbons (Fsp3) is 0.944. The van der Waals surface area contributed by atoms with Crippen molar-refractivity contribution in [3.05, 3.63) is 0 Å². The fourth-order valence-corrected chi connectivity index (χ4v) is 2.69. The third-order valence-electron chi connectivity index (χ3n) is 4.17. The van der Waals surface area contributed by atoms with Crippen LogP contribution in [0.15, 0.2) is 0 Å². The maximum atomic E-state index is 10.4. The Bertz CT molecular complexity index is 249. The standard InChI is InChI=1S/C18H36O4.Na.H/c19-16-14-12-10-8-6-4-2-1-3-5-7-9-11-13-15-17(20)18(21)22;;/h17,19-20H,1-16H2,(H,21,22);;. The molecular formula is C18H37NaO4. The van der Waals surface area contributed by atoms with Crippen LogP contribution in [0.5, 0.6) is 0 Å². The van der Waals surface area contributed by atoms with Crippen molar-refractivity contribution < 1.29 is 20.1 Å². The van der Waals surface area contributed by atoms with Crippen LogP contribution in [0.25, 0.3) is 0 Å². The number of carboxylic acids is 1. The van der Waals surface area contributed by atoms with E-state index in [1.165, 1.54) is 64.2 Å². The van der Waals surface area contributed by atoms with Gasteiger partial charge in [0.25, 0.3) is 0 Å². The van der Waals surface area contributed by atoms with E-state index in [2.05, 4.69) is 0 Å². The Hall–Kier alpha value is 0.390. The van der Waals surface area contributed by atoms with Crippen LogP contribution < -0.4 is 0 Å². The zero-order valence-corrected chi connectivity index (χ0v) is 14.1. The summed E-state index contributed by atoms with van der Waals surface area (Å²) in [5.41, 5.74) is 0. The molecule has 0 radical (unpaired) electrons. The Balaban J connectivity index is 0. The molecule has 0 aromatic carbocycles. The van der Waals surface area contributed by atoms with E-state index in [0.717, 1.165) is 25.7 Å². The average Bonchev–Trinajstić information content (AvgIpc) is 2.50. The number of unbranched alkanes of at least 4 members (excludes halogenated alkanes) is 13. The molecular weight excluding hydrogens is 303 g/mol. The predicted molar refractivity (Wildman–Crippen MR) is 97.1 cm³/mol. The molecule has 0 fully saturated rings. The number of aliphatic hydroxyl groups excluding tert-OH is 2. The monoisotopic (exact) mass is 340 g/mol.